The maximum absolute atomic E-state index is 14.1. The maximum Gasteiger partial charge on any atom is 0.255 e. The zero-order valence-corrected chi connectivity index (χ0v) is 36.4. The number of H-pyrrole nitrogens is 1. The van der Waals surface area contributed by atoms with Crippen molar-refractivity contribution < 1.29 is 19.2 Å². The molecule has 320 valence electrons. The summed E-state index contributed by atoms with van der Waals surface area (Å²) in [6, 6.07) is 21.6. The second-order valence-corrected chi connectivity index (χ2v) is 18.4. The molecule has 3 fully saturated rings. The summed E-state index contributed by atoms with van der Waals surface area (Å²) >= 11 is 0. The number of nitrogens with one attached hydrogen (secondary N) is 2. The average Bonchev–Trinajstić information content (AvgIpc) is 3.85. The number of hydrogen-bond donors (Lipinski definition) is 2. The minimum absolute atomic E-state index is 0.0669. The molecule has 0 radical (unpaired) electrons. The highest BCUT2D eigenvalue weighted by Crippen LogP contribution is 2.46. The molecule has 11 nitrogen and oxygen atoms in total. The Hall–Kier alpha value is -5.91. The standard InChI is InChI=1S/C51H57N7O4/c1-4-34-29-39-41(51(2,3)48-46(47(39)60)38-16-15-33(31-52)28-42(38)53-48)30-44(34)57-22-19-36(20-23-57)56-26-24-55(25-27-56)21-10-8-6-5-7-9-12-35-13-11-14-37-40(35)32-58(50(37)62)43-17-18-45(59)54-49(43)61/h11,13-16,28-30,36,43,53H,4-9,12,17-20,22-27,32H2,1-3H3,(H,54,59,61). The van der Waals surface area contributed by atoms with Crippen LogP contribution in [0.15, 0.2) is 48.5 Å². The molecule has 11 heteroatoms. The van der Waals surface area contributed by atoms with Crippen molar-refractivity contribution in [2.45, 2.75) is 115 Å². The number of imide groups is 1. The minimum atomic E-state index is -0.583. The third kappa shape index (κ3) is 7.66. The number of carbonyl (C=O) groups excluding carboxylic acids is 4. The van der Waals surface area contributed by atoms with Gasteiger partial charge in [-0.15, -0.1) is 0 Å². The Morgan fingerprint density at radius 2 is 1.65 bits per heavy atom. The number of nitriles is 1. The first-order valence-corrected chi connectivity index (χ1v) is 22.8. The molecule has 1 aliphatic carbocycles. The van der Waals surface area contributed by atoms with Crippen molar-refractivity contribution in [3.8, 4) is 18.0 Å². The molecule has 5 aliphatic rings. The molecule has 1 aromatic heterocycles. The lowest BCUT2D eigenvalue weighted by atomic mass is 9.70. The van der Waals surface area contributed by atoms with Crippen LogP contribution >= 0.6 is 0 Å². The Labute approximate surface area is 364 Å². The first kappa shape index (κ1) is 41.4. The van der Waals surface area contributed by atoms with Crippen LogP contribution in [0.3, 0.4) is 0 Å². The molecule has 3 aromatic carbocycles. The number of piperazine rings is 1. The fourth-order valence-electron chi connectivity index (χ4n) is 10.8. The van der Waals surface area contributed by atoms with E-state index in [1.165, 1.54) is 16.8 Å². The van der Waals surface area contributed by atoms with E-state index in [1.54, 1.807) is 11.0 Å². The third-order valence-electron chi connectivity index (χ3n) is 14.3. The van der Waals surface area contributed by atoms with Crippen molar-refractivity contribution in [3.63, 3.8) is 0 Å². The highest BCUT2D eigenvalue weighted by molar-refractivity contribution is 6.20. The normalized spacial score (nSPS) is 20.1. The predicted octanol–water partition coefficient (Wildman–Crippen LogP) is 6.97. The topological polar surface area (TPSA) is 133 Å². The molecule has 0 spiro atoms. The number of amides is 3. The van der Waals surface area contributed by atoms with Crippen LogP contribution in [-0.4, -0.2) is 94.5 Å². The number of aromatic nitrogens is 1. The molecule has 2 N–H and O–H groups in total. The van der Waals surface area contributed by atoms with Crippen molar-refractivity contribution in [3.05, 3.63) is 98.7 Å². The van der Waals surface area contributed by atoms with Crippen molar-refractivity contribution in [2.24, 2.45) is 0 Å². The largest absolute Gasteiger partial charge is 0.371 e. The van der Waals surface area contributed by atoms with E-state index in [4.69, 9.17) is 0 Å². The van der Waals surface area contributed by atoms with Gasteiger partial charge in [0.05, 0.1) is 17.2 Å². The summed E-state index contributed by atoms with van der Waals surface area (Å²) < 4.78 is 0. The summed E-state index contributed by atoms with van der Waals surface area (Å²) in [5.41, 5.74) is 9.96. The van der Waals surface area contributed by atoms with E-state index >= 15 is 0 Å². The SMILES string of the molecule is CCc1cc2c(cc1N1CCC(N3CCN(C#CCCCCCCc4cccc5c4CN(C4CCC(=O)NC4=O)C5=O)CC3)CC1)C(C)(C)c1[nH]c3cc(C#N)ccc3c1C2=O. The van der Waals surface area contributed by atoms with Crippen LogP contribution in [0.25, 0.3) is 10.9 Å². The summed E-state index contributed by atoms with van der Waals surface area (Å²) in [5, 5.41) is 12.8. The third-order valence-corrected chi connectivity index (χ3v) is 14.3. The fourth-order valence-corrected chi connectivity index (χ4v) is 10.8. The number of hydrogen-bond acceptors (Lipinski definition) is 8. The van der Waals surface area contributed by atoms with Gasteiger partial charge in [0, 0.05) is 110 Å². The molecule has 0 saturated carbocycles. The second kappa shape index (κ2) is 17.1. The number of unbranched alkanes of at least 4 members (excludes halogenated alkanes) is 4. The number of ketones is 1. The van der Waals surface area contributed by atoms with E-state index in [2.05, 4.69) is 82.0 Å². The summed E-state index contributed by atoms with van der Waals surface area (Å²) in [6.45, 7) is 13.0. The molecule has 1 atom stereocenters. The number of fused-ring (bicyclic) bond motifs is 5. The van der Waals surface area contributed by atoms with Gasteiger partial charge in [-0.25, -0.2) is 0 Å². The molecule has 1 unspecified atom stereocenters. The van der Waals surface area contributed by atoms with E-state index in [1.807, 2.05) is 24.3 Å². The monoisotopic (exact) mass is 831 g/mol. The Morgan fingerprint density at radius 1 is 0.855 bits per heavy atom. The van der Waals surface area contributed by atoms with Gasteiger partial charge in [0.15, 0.2) is 5.78 Å². The van der Waals surface area contributed by atoms with Gasteiger partial charge in [-0.1, -0.05) is 57.7 Å². The lowest BCUT2D eigenvalue weighted by Crippen LogP contribution is -2.52. The molecule has 9 rings (SSSR count). The molecule has 0 bridgehead atoms. The highest BCUT2D eigenvalue weighted by Gasteiger charge is 2.42. The first-order valence-electron chi connectivity index (χ1n) is 22.8. The molecule has 62 heavy (non-hydrogen) atoms. The Bertz CT molecular complexity index is 2560. The van der Waals surface area contributed by atoms with Crippen LogP contribution < -0.4 is 10.2 Å². The van der Waals surface area contributed by atoms with Crippen LogP contribution in [0.5, 0.6) is 0 Å². The predicted molar refractivity (Wildman–Crippen MR) is 240 cm³/mol. The smallest absolute Gasteiger partial charge is 0.255 e. The molecular weight excluding hydrogens is 775 g/mol. The number of piperidine rings is 2. The Kier molecular flexibility index (Phi) is 11.4. The molecule has 3 saturated heterocycles. The van der Waals surface area contributed by atoms with Gasteiger partial charge >= 0.3 is 0 Å². The maximum atomic E-state index is 14.1. The fraction of sp³-hybridized carbons (Fsp3) is 0.471. The van der Waals surface area contributed by atoms with E-state index in [9.17, 15) is 24.4 Å². The van der Waals surface area contributed by atoms with Gasteiger partial charge in [-0.05, 0) is 97.5 Å². The first-order chi connectivity index (χ1) is 30.0. The average molecular weight is 832 g/mol. The van der Waals surface area contributed by atoms with Gasteiger partial charge in [-0.2, -0.15) is 5.26 Å². The molecular formula is C51H57N7O4. The summed E-state index contributed by atoms with van der Waals surface area (Å²) in [4.78, 5) is 64.1. The van der Waals surface area contributed by atoms with Crippen molar-refractivity contribution in [1.82, 2.24) is 25.0 Å². The molecule has 3 amide bonds. The number of rotatable bonds is 10. The summed E-state index contributed by atoms with van der Waals surface area (Å²) in [6.07, 6.45) is 9.89. The lowest BCUT2D eigenvalue weighted by molar-refractivity contribution is -0.136. The van der Waals surface area contributed by atoms with Gasteiger partial charge in [-0.3, -0.25) is 29.4 Å². The lowest BCUT2D eigenvalue weighted by Gasteiger charge is -2.43. The second-order valence-electron chi connectivity index (χ2n) is 18.4. The van der Waals surface area contributed by atoms with Gasteiger partial charge < -0.3 is 19.7 Å². The number of carbonyl (C=O) groups is 4. The van der Waals surface area contributed by atoms with Gasteiger partial charge in [0.25, 0.3) is 5.91 Å². The quantitative estimate of drug-likeness (QED) is 0.0996. The highest BCUT2D eigenvalue weighted by atomic mass is 16.2. The van der Waals surface area contributed by atoms with E-state index in [0.29, 0.717) is 30.1 Å². The van der Waals surface area contributed by atoms with E-state index in [0.717, 1.165) is 136 Å². The van der Waals surface area contributed by atoms with Gasteiger partial charge in [0.1, 0.15) is 6.04 Å². The van der Waals surface area contributed by atoms with Crippen LogP contribution in [0, 0.1) is 23.3 Å². The van der Waals surface area contributed by atoms with Crippen molar-refractivity contribution in [1.29, 1.82) is 5.26 Å². The van der Waals surface area contributed by atoms with Crippen LogP contribution in [-0.2, 0) is 34.4 Å². The Balaban J connectivity index is 0.718. The number of anilines is 1. The summed E-state index contributed by atoms with van der Waals surface area (Å²) in [7, 11) is 0. The molecule has 4 aromatic rings. The zero-order chi connectivity index (χ0) is 43.1. The summed E-state index contributed by atoms with van der Waals surface area (Å²) in [5.74, 6) is 2.76. The number of benzene rings is 3. The van der Waals surface area contributed by atoms with Crippen LogP contribution in [0.4, 0.5) is 5.69 Å². The van der Waals surface area contributed by atoms with E-state index < -0.39 is 11.5 Å². The van der Waals surface area contributed by atoms with Crippen LogP contribution in [0.1, 0.15) is 138 Å². The van der Waals surface area contributed by atoms with E-state index in [-0.39, 0.29) is 29.9 Å². The minimum Gasteiger partial charge on any atom is -0.371 e. The van der Waals surface area contributed by atoms with Crippen molar-refractivity contribution in [2.75, 3.05) is 44.2 Å². The molecule has 5 heterocycles. The number of aryl methyl sites for hydroxylation is 2. The van der Waals surface area contributed by atoms with Crippen molar-refractivity contribution >= 4 is 40.1 Å². The number of aromatic amines is 1. The van der Waals surface area contributed by atoms with Gasteiger partial charge in [0.2, 0.25) is 11.8 Å². The van der Waals surface area contributed by atoms with Crippen LogP contribution in [0.2, 0.25) is 0 Å². The number of nitrogens with zero attached hydrogens (tertiary/aromatic N) is 5. The molecule has 4 aliphatic heterocycles. The Morgan fingerprint density at radius 3 is 2.40 bits per heavy atom. The zero-order valence-electron chi connectivity index (χ0n) is 36.4.